The van der Waals surface area contributed by atoms with E-state index in [0.717, 1.165) is 4.70 Å². The summed E-state index contributed by atoms with van der Waals surface area (Å²) >= 11 is 1.32. The molecule has 2 rings (SSSR count). The Bertz CT molecular complexity index is 612. The minimum Gasteiger partial charge on any atom is -0.467 e. The second-order valence-corrected chi connectivity index (χ2v) is 6.01. The maximum Gasteiger partial charge on any atom is 0.328 e. The van der Waals surface area contributed by atoms with Gasteiger partial charge in [-0.25, -0.2) is 14.2 Å². The summed E-state index contributed by atoms with van der Waals surface area (Å²) in [4.78, 5) is 16.1. The number of anilines is 1. The van der Waals surface area contributed by atoms with Gasteiger partial charge >= 0.3 is 5.97 Å². The number of thiazole rings is 1. The lowest BCUT2D eigenvalue weighted by Crippen LogP contribution is -2.32. The Morgan fingerprint density at radius 1 is 1.50 bits per heavy atom. The molecular formula is C14H17FN2O2S. The van der Waals surface area contributed by atoms with Gasteiger partial charge in [-0.05, 0) is 30.5 Å². The summed E-state index contributed by atoms with van der Waals surface area (Å²) in [6.07, 6.45) is 0.650. The highest BCUT2D eigenvalue weighted by Crippen LogP contribution is 2.27. The first-order valence-electron chi connectivity index (χ1n) is 6.40. The molecule has 1 N–H and O–H groups in total. The topological polar surface area (TPSA) is 51.2 Å². The average molecular weight is 296 g/mol. The Hall–Kier alpha value is -1.69. The van der Waals surface area contributed by atoms with Gasteiger partial charge in [0.05, 0.1) is 17.3 Å². The fraction of sp³-hybridized carbons (Fsp3) is 0.429. The van der Waals surface area contributed by atoms with Crippen molar-refractivity contribution in [1.29, 1.82) is 0 Å². The Morgan fingerprint density at radius 2 is 2.25 bits per heavy atom. The number of aromatic nitrogens is 1. The predicted octanol–water partition coefficient (Wildman–Crippen LogP) is 3.44. The number of rotatable bonds is 5. The standard InChI is InChI=1S/C14H17FN2O2S/c1-8(2)6-11(13(18)19-3)17-14-16-10-5-4-9(15)7-12(10)20-14/h4-5,7-8,11H,6H2,1-3H3,(H,16,17). The van der Waals surface area contributed by atoms with Crippen LogP contribution in [0.15, 0.2) is 18.2 Å². The number of carbonyl (C=O) groups excluding carboxylic acids is 1. The molecule has 4 nitrogen and oxygen atoms in total. The zero-order chi connectivity index (χ0) is 14.7. The van der Waals surface area contributed by atoms with Crippen molar-refractivity contribution in [3.8, 4) is 0 Å². The first-order valence-corrected chi connectivity index (χ1v) is 7.21. The van der Waals surface area contributed by atoms with Crippen LogP contribution in [0.1, 0.15) is 20.3 Å². The van der Waals surface area contributed by atoms with Crippen LogP contribution in [0.25, 0.3) is 10.2 Å². The molecular weight excluding hydrogens is 279 g/mol. The molecule has 0 fully saturated rings. The van der Waals surface area contributed by atoms with Gasteiger partial charge < -0.3 is 10.1 Å². The third-order valence-electron chi connectivity index (χ3n) is 2.84. The van der Waals surface area contributed by atoms with E-state index in [1.54, 1.807) is 6.07 Å². The van der Waals surface area contributed by atoms with Gasteiger partial charge in [0.1, 0.15) is 11.9 Å². The van der Waals surface area contributed by atoms with Crippen molar-refractivity contribution < 1.29 is 13.9 Å². The van der Waals surface area contributed by atoms with Gasteiger partial charge in [-0.2, -0.15) is 0 Å². The second kappa shape index (κ2) is 6.17. The van der Waals surface area contributed by atoms with Crippen LogP contribution in [-0.2, 0) is 9.53 Å². The van der Waals surface area contributed by atoms with E-state index in [-0.39, 0.29) is 11.8 Å². The van der Waals surface area contributed by atoms with E-state index in [9.17, 15) is 9.18 Å². The number of esters is 1. The number of hydrogen-bond acceptors (Lipinski definition) is 5. The highest BCUT2D eigenvalue weighted by atomic mass is 32.1. The fourth-order valence-corrected chi connectivity index (χ4v) is 2.88. The molecule has 0 saturated heterocycles. The van der Waals surface area contributed by atoms with Crippen molar-refractivity contribution in [3.63, 3.8) is 0 Å². The van der Waals surface area contributed by atoms with E-state index >= 15 is 0 Å². The zero-order valence-corrected chi connectivity index (χ0v) is 12.5. The van der Waals surface area contributed by atoms with E-state index in [4.69, 9.17) is 4.74 Å². The van der Waals surface area contributed by atoms with Gasteiger partial charge in [0.15, 0.2) is 5.13 Å². The quantitative estimate of drug-likeness (QED) is 0.859. The first kappa shape index (κ1) is 14.7. The Labute approximate surface area is 121 Å². The number of benzene rings is 1. The van der Waals surface area contributed by atoms with Crippen molar-refractivity contribution in [2.24, 2.45) is 5.92 Å². The van der Waals surface area contributed by atoms with E-state index in [1.807, 2.05) is 13.8 Å². The number of fused-ring (bicyclic) bond motifs is 1. The average Bonchev–Trinajstić information content (AvgIpc) is 2.77. The molecule has 2 aromatic rings. The van der Waals surface area contributed by atoms with Gasteiger partial charge in [0.2, 0.25) is 0 Å². The molecule has 1 unspecified atom stereocenters. The van der Waals surface area contributed by atoms with E-state index < -0.39 is 6.04 Å². The molecule has 0 radical (unpaired) electrons. The maximum atomic E-state index is 13.1. The van der Waals surface area contributed by atoms with Gasteiger partial charge in [-0.1, -0.05) is 25.2 Å². The number of halogens is 1. The van der Waals surface area contributed by atoms with Crippen LogP contribution in [0.3, 0.4) is 0 Å². The van der Waals surface area contributed by atoms with Crippen molar-refractivity contribution in [1.82, 2.24) is 4.98 Å². The van der Waals surface area contributed by atoms with Gasteiger partial charge in [0, 0.05) is 0 Å². The van der Waals surface area contributed by atoms with Crippen LogP contribution in [0, 0.1) is 11.7 Å². The third kappa shape index (κ3) is 3.45. The number of hydrogen-bond donors (Lipinski definition) is 1. The summed E-state index contributed by atoms with van der Waals surface area (Å²) in [6, 6.07) is 4.00. The molecule has 0 bridgehead atoms. The van der Waals surface area contributed by atoms with Gasteiger partial charge in [-0.3, -0.25) is 0 Å². The number of nitrogens with one attached hydrogen (secondary N) is 1. The minimum absolute atomic E-state index is 0.292. The molecule has 0 amide bonds. The molecule has 0 saturated carbocycles. The number of methoxy groups -OCH3 is 1. The third-order valence-corrected chi connectivity index (χ3v) is 3.79. The highest BCUT2D eigenvalue weighted by Gasteiger charge is 2.21. The molecule has 20 heavy (non-hydrogen) atoms. The lowest BCUT2D eigenvalue weighted by Gasteiger charge is -2.17. The van der Waals surface area contributed by atoms with Crippen LogP contribution in [0.4, 0.5) is 9.52 Å². The van der Waals surface area contributed by atoms with Gasteiger partial charge in [0.25, 0.3) is 0 Å². The SMILES string of the molecule is COC(=O)C(CC(C)C)Nc1nc2ccc(F)cc2s1. The summed E-state index contributed by atoms with van der Waals surface area (Å²) < 4.78 is 18.7. The summed E-state index contributed by atoms with van der Waals surface area (Å²) in [5.74, 6) is -0.262. The first-order chi connectivity index (χ1) is 9.49. The molecule has 1 atom stereocenters. The minimum atomic E-state index is -0.439. The van der Waals surface area contributed by atoms with Gasteiger partial charge in [-0.15, -0.1) is 0 Å². The molecule has 1 heterocycles. The number of nitrogens with zero attached hydrogens (tertiary/aromatic N) is 1. The summed E-state index contributed by atoms with van der Waals surface area (Å²) in [5, 5.41) is 3.68. The summed E-state index contributed by atoms with van der Waals surface area (Å²) in [6.45, 7) is 4.07. The van der Waals surface area contributed by atoms with Crippen LogP contribution in [0.2, 0.25) is 0 Å². The predicted molar refractivity (Wildman–Crippen MR) is 78.5 cm³/mol. The van der Waals surface area contributed by atoms with E-state index in [1.165, 1.54) is 30.6 Å². The van der Waals surface area contributed by atoms with Crippen molar-refractivity contribution in [2.45, 2.75) is 26.3 Å². The normalized spacial score (nSPS) is 12.7. The fourth-order valence-electron chi connectivity index (χ4n) is 1.94. The number of ether oxygens (including phenoxy) is 1. The molecule has 0 spiro atoms. The Kier molecular flexibility index (Phi) is 4.54. The largest absolute Gasteiger partial charge is 0.467 e. The van der Waals surface area contributed by atoms with E-state index in [0.29, 0.717) is 23.0 Å². The molecule has 108 valence electrons. The molecule has 0 aliphatic carbocycles. The number of carbonyl (C=O) groups is 1. The van der Waals surface area contributed by atoms with Crippen LogP contribution in [-0.4, -0.2) is 24.1 Å². The molecule has 0 aliphatic rings. The van der Waals surface area contributed by atoms with Crippen molar-refractivity contribution >= 4 is 32.7 Å². The maximum absolute atomic E-state index is 13.1. The lowest BCUT2D eigenvalue weighted by molar-refractivity contribution is -0.141. The summed E-state index contributed by atoms with van der Waals surface area (Å²) in [7, 11) is 1.37. The zero-order valence-electron chi connectivity index (χ0n) is 11.6. The lowest BCUT2D eigenvalue weighted by atomic mass is 10.0. The van der Waals surface area contributed by atoms with Crippen LogP contribution >= 0.6 is 11.3 Å². The van der Waals surface area contributed by atoms with E-state index in [2.05, 4.69) is 10.3 Å². The van der Waals surface area contributed by atoms with Crippen molar-refractivity contribution in [2.75, 3.05) is 12.4 Å². The molecule has 0 aliphatic heterocycles. The second-order valence-electron chi connectivity index (χ2n) is 4.98. The molecule has 6 heteroatoms. The summed E-state index contributed by atoms with van der Waals surface area (Å²) in [5.41, 5.74) is 0.715. The smallest absolute Gasteiger partial charge is 0.328 e. The Balaban J connectivity index is 2.21. The van der Waals surface area contributed by atoms with Crippen LogP contribution < -0.4 is 5.32 Å². The van der Waals surface area contributed by atoms with Crippen LogP contribution in [0.5, 0.6) is 0 Å². The van der Waals surface area contributed by atoms with Crippen molar-refractivity contribution in [3.05, 3.63) is 24.0 Å². The highest BCUT2D eigenvalue weighted by molar-refractivity contribution is 7.22. The molecule has 1 aromatic carbocycles. The Morgan fingerprint density at radius 3 is 2.90 bits per heavy atom. The molecule has 1 aromatic heterocycles. The monoisotopic (exact) mass is 296 g/mol.